The Balaban J connectivity index is 2.25. The molecule has 0 radical (unpaired) electrons. The number of hydrogen-bond acceptors (Lipinski definition) is 4. The largest absolute Gasteiger partial charge is 0.490 e. The zero-order valence-electron chi connectivity index (χ0n) is 11.5. The van der Waals surface area contributed by atoms with Crippen molar-refractivity contribution < 1.29 is 14.6 Å². The van der Waals surface area contributed by atoms with Gasteiger partial charge in [-0.15, -0.1) is 0 Å². The smallest absolute Gasteiger partial charge is 0.161 e. The number of benzene rings is 1. The molecule has 0 saturated heterocycles. The Labute approximate surface area is 114 Å². The number of fused-ring (bicyclic) bond motifs is 1. The highest BCUT2D eigenvalue weighted by molar-refractivity contribution is 5.44. The normalized spacial score (nSPS) is 17.6. The molecule has 1 aromatic rings. The second-order valence-electron chi connectivity index (χ2n) is 4.95. The minimum atomic E-state index is 0.0527. The molecule has 19 heavy (non-hydrogen) atoms. The second-order valence-corrected chi connectivity index (χ2v) is 4.95. The van der Waals surface area contributed by atoms with Crippen molar-refractivity contribution in [2.24, 2.45) is 5.73 Å². The number of nitrogens with two attached hydrogens (primary N) is 1. The first kappa shape index (κ1) is 14.2. The molecule has 0 aromatic heterocycles. The van der Waals surface area contributed by atoms with Crippen LogP contribution in [0.2, 0.25) is 0 Å². The van der Waals surface area contributed by atoms with Crippen molar-refractivity contribution in [2.45, 2.75) is 38.1 Å². The molecule has 4 nitrogen and oxygen atoms in total. The van der Waals surface area contributed by atoms with Crippen LogP contribution in [-0.4, -0.2) is 31.0 Å². The maximum atomic E-state index is 9.21. The van der Waals surface area contributed by atoms with Crippen molar-refractivity contribution in [3.05, 3.63) is 23.8 Å². The van der Waals surface area contributed by atoms with E-state index in [1.54, 1.807) is 0 Å². The van der Waals surface area contributed by atoms with E-state index in [2.05, 4.69) is 6.92 Å². The predicted octanol–water partition coefficient (Wildman–Crippen LogP) is 2.05. The highest BCUT2D eigenvalue weighted by Gasteiger charge is 2.20. The van der Waals surface area contributed by atoms with Crippen LogP contribution in [0.1, 0.15) is 37.7 Å². The number of ether oxygens (including phenoxy) is 2. The quantitative estimate of drug-likeness (QED) is 0.855. The van der Waals surface area contributed by atoms with Gasteiger partial charge in [-0.1, -0.05) is 13.0 Å². The van der Waals surface area contributed by atoms with Gasteiger partial charge in [0.15, 0.2) is 11.5 Å². The van der Waals surface area contributed by atoms with Gasteiger partial charge in [-0.3, -0.25) is 0 Å². The first-order valence-corrected chi connectivity index (χ1v) is 7.02. The maximum absolute atomic E-state index is 9.21. The molecule has 0 aliphatic carbocycles. The summed E-state index contributed by atoms with van der Waals surface area (Å²) in [4.78, 5) is 0. The van der Waals surface area contributed by atoms with Gasteiger partial charge in [-0.2, -0.15) is 0 Å². The minimum Gasteiger partial charge on any atom is -0.490 e. The molecule has 0 amide bonds. The van der Waals surface area contributed by atoms with Crippen LogP contribution in [0.5, 0.6) is 11.5 Å². The van der Waals surface area contributed by atoms with E-state index in [0.717, 1.165) is 29.9 Å². The highest BCUT2D eigenvalue weighted by atomic mass is 16.5. The molecule has 0 bridgehead atoms. The Morgan fingerprint density at radius 2 is 2.00 bits per heavy atom. The van der Waals surface area contributed by atoms with Crippen LogP contribution < -0.4 is 15.2 Å². The molecule has 2 rings (SSSR count). The molecular weight excluding hydrogens is 242 g/mol. The van der Waals surface area contributed by atoms with E-state index in [-0.39, 0.29) is 18.6 Å². The first-order valence-electron chi connectivity index (χ1n) is 7.02. The molecular formula is C15H23NO3. The fraction of sp³-hybridized carbons (Fsp3) is 0.600. The lowest BCUT2D eigenvalue weighted by molar-refractivity contribution is 0.265. The van der Waals surface area contributed by atoms with E-state index in [4.69, 9.17) is 15.2 Å². The summed E-state index contributed by atoms with van der Waals surface area (Å²) < 4.78 is 11.3. The molecule has 1 aromatic carbocycles. The van der Waals surface area contributed by atoms with Gasteiger partial charge in [0.2, 0.25) is 0 Å². The van der Waals surface area contributed by atoms with E-state index in [0.29, 0.717) is 19.6 Å². The van der Waals surface area contributed by atoms with Crippen LogP contribution in [-0.2, 0) is 0 Å². The number of rotatable bonds is 5. The first-order chi connectivity index (χ1) is 9.26. The summed E-state index contributed by atoms with van der Waals surface area (Å²) in [6.45, 7) is 3.59. The van der Waals surface area contributed by atoms with Gasteiger partial charge in [-0.25, -0.2) is 0 Å². The molecule has 2 atom stereocenters. The number of aliphatic hydroxyl groups is 1. The lowest BCUT2D eigenvalue weighted by atomic mass is 9.87. The Kier molecular flexibility index (Phi) is 5.05. The zero-order valence-corrected chi connectivity index (χ0v) is 11.5. The van der Waals surface area contributed by atoms with E-state index in [1.165, 1.54) is 0 Å². The van der Waals surface area contributed by atoms with Gasteiger partial charge < -0.3 is 20.3 Å². The van der Waals surface area contributed by atoms with Crippen molar-refractivity contribution in [3.63, 3.8) is 0 Å². The Bertz CT molecular complexity index is 408. The van der Waals surface area contributed by atoms with Gasteiger partial charge >= 0.3 is 0 Å². The Morgan fingerprint density at radius 3 is 2.68 bits per heavy atom. The monoisotopic (exact) mass is 265 g/mol. The summed E-state index contributed by atoms with van der Waals surface area (Å²) in [6.07, 6.45) is 2.46. The average molecular weight is 265 g/mol. The van der Waals surface area contributed by atoms with Crippen molar-refractivity contribution >= 4 is 0 Å². The van der Waals surface area contributed by atoms with Crippen LogP contribution in [0.3, 0.4) is 0 Å². The third kappa shape index (κ3) is 3.39. The van der Waals surface area contributed by atoms with Gasteiger partial charge in [0, 0.05) is 25.0 Å². The van der Waals surface area contributed by atoms with Crippen molar-refractivity contribution in [2.75, 3.05) is 19.8 Å². The zero-order chi connectivity index (χ0) is 13.7. The molecule has 0 spiro atoms. The lowest BCUT2D eigenvalue weighted by Crippen LogP contribution is -2.28. The third-order valence-corrected chi connectivity index (χ3v) is 3.63. The molecule has 0 saturated carbocycles. The number of aliphatic hydroxyl groups excluding tert-OH is 1. The van der Waals surface area contributed by atoms with E-state index in [9.17, 15) is 5.11 Å². The summed E-state index contributed by atoms with van der Waals surface area (Å²) in [5, 5.41) is 9.21. The molecule has 1 heterocycles. The lowest BCUT2D eigenvalue weighted by Gasteiger charge is -2.23. The Morgan fingerprint density at radius 1 is 1.26 bits per heavy atom. The summed E-state index contributed by atoms with van der Waals surface area (Å²) >= 11 is 0. The molecule has 1 aliphatic heterocycles. The summed E-state index contributed by atoms with van der Waals surface area (Å²) in [5.41, 5.74) is 7.28. The van der Waals surface area contributed by atoms with E-state index >= 15 is 0 Å². The van der Waals surface area contributed by atoms with Gasteiger partial charge in [0.1, 0.15) is 0 Å². The molecule has 1 aliphatic rings. The SMILES string of the molecule is CCC(N)C(CCO)c1ccc2c(c1)OCCCO2. The predicted molar refractivity (Wildman–Crippen MR) is 74.8 cm³/mol. The fourth-order valence-electron chi connectivity index (χ4n) is 2.46. The van der Waals surface area contributed by atoms with Gasteiger partial charge in [-0.05, 0) is 30.5 Å². The third-order valence-electron chi connectivity index (χ3n) is 3.63. The van der Waals surface area contributed by atoms with Crippen molar-refractivity contribution in [1.29, 1.82) is 0 Å². The van der Waals surface area contributed by atoms with Gasteiger partial charge in [0.25, 0.3) is 0 Å². The highest BCUT2D eigenvalue weighted by Crippen LogP contribution is 2.34. The topological polar surface area (TPSA) is 64.7 Å². The minimum absolute atomic E-state index is 0.0527. The van der Waals surface area contributed by atoms with Gasteiger partial charge in [0.05, 0.1) is 13.2 Å². The molecule has 3 N–H and O–H groups in total. The maximum Gasteiger partial charge on any atom is 0.161 e. The summed E-state index contributed by atoms with van der Waals surface area (Å²) in [7, 11) is 0. The van der Waals surface area contributed by atoms with Crippen LogP contribution in [0.15, 0.2) is 18.2 Å². The summed E-state index contributed by atoms with van der Waals surface area (Å²) in [6, 6.07) is 6.04. The molecule has 4 heteroatoms. The average Bonchev–Trinajstić information content (AvgIpc) is 2.68. The van der Waals surface area contributed by atoms with Crippen LogP contribution in [0, 0.1) is 0 Å². The van der Waals surface area contributed by atoms with Crippen molar-refractivity contribution in [3.8, 4) is 11.5 Å². The van der Waals surface area contributed by atoms with Crippen LogP contribution >= 0.6 is 0 Å². The summed E-state index contributed by atoms with van der Waals surface area (Å²) in [5.74, 6) is 1.75. The van der Waals surface area contributed by atoms with E-state index < -0.39 is 0 Å². The number of hydrogen-bond donors (Lipinski definition) is 2. The molecule has 0 fully saturated rings. The Hall–Kier alpha value is -1.26. The van der Waals surface area contributed by atoms with E-state index in [1.807, 2.05) is 18.2 Å². The molecule has 106 valence electrons. The standard InChI is InChI=1S/C15H23NO3/c1-2-13(16)12(6-7-17)11-4-5-14-15(10-11)19-9-3-8-18-14/h4-5,10,12-13,17H,2-3,6-9,16H2,1H3. The molecule has 2 unspecified atom stereocenters. The van der Waals surface area contributed by atoms with Crippen molar-refractivity contribution in [1.82, 2.24) is 0 Å². The van der Waals surface area contributed by atoms with Crippen LogP contribution in [0.4, 0.5) is 0 Å². The second kappa shape index (κ2) is 6.78. The fourth-order valence-corrected chi connectivity index (χ4v) is 2.46. The van der Waals surface area contributed by atoms with Crippen LogP contribution in [0.25, 0.3) is 0 Å².